The van der Waals surface area contributed by atoms with Gasteiger partial charge in [0.1, 0.15) is 0 Å². The van der Waals surface area contributed by atoms with Gasteiger partial charge in [-0.2, -0.15) is 0 Å². The molecular formula is C55H75BCl6N6O3. The maximum atomic E-state index is 13.5. The Hall–Kier alpha value is -2.58. The lowest BCUT2D eigenvalue weighted by atomic mass is 9.80. The number of carbonyl (C=O) groups is 2. The highest BCUT2D eigenvalue weighted by Crippen LogP contribution is 2.36. The summed E-state index contributed by atoms with van der Waals surface area (Å²) in [7, 11) is -0.408. The van der Waals surface area contributed by atoms with E-state index in [-0.39, 0.29) is 54.9 Å². The van der Waals surface area contributed by atoms with Gasteiger partial charge in [-0.05, 0) is 153 Å². The van der Waals surface area contributed by atoms with E-state index >= 15 is 0 Å². The largest absolute Gasteiger partial charge is 0.437 e. The van der Waals surface area contributed by atoms with Crippen molar-refractivity contribution in [3.8, 4) is 0 Å². The molecule has 0 aliphatic carbocycles. The van der Waals surface area contributed by atoms with Crippen molar-refractivity contribution in [3.63, 3.8) is 0 Å². The summed E-state index contributed by atoms with van der Waals surface area (Å²) in [4.78, 5) is 38.3. The van der Waals surface area contributed by atoms with Crippen LogP contribution in [0.15, 0.2) is 97.1 Å². The number of hydrogen-bond acceptors (Lipinski definition) is 7. The molecule has 0 radical (unpaired) electrons. The first-order chi connectivity index (χ1) is 33.1. The van der Waals surface area contributed by atoms with Gasteiger partial charge in [0.05, 0.1) is 12.1 Å². The van der Waals surface area contributed by atoms with Crippen molar-refractivity contribution in [3.05, 3.63) is 139 Å². The van der Waals surface area contributed by atoms with Crippen molar-refractivity contribution in [2.75, 3.05) is 65.4 Å². The molecule has 0 bridgehead atoms. The van der Waals surface area contributed by atoms with Crippen molar-refractivity contribution in [2.24, 2.45) is 23.7 Å². The predicted molar refractivity (Wildman–Crippen MR) is 301 cm³/mol. The number of benzene rings is 4. The van der Waals surface area contributed by atoms with Crippen LogP contribution in [0.3, 0.4) is 0 Å². The molecule has 4 aliphatic heterocycles. The fourth-order valence-electron chi connectivity index (χ4n) is 11.0. The average Bonchev–Trinajstić information content (AvgIpc) is 3.34. The first-order valence-electron chi connectivity index (χ1n) is 25.4. The quantitative estimate of drug-likeness (QED) is 0.129. The van der Waals surface area contributed by atoms with Crippen LogP contribution in [-0.4, -0.2) is 126 Å². The number of rotatable bonds is 13. The fourth-order valence-corrected chi connectivity index (χ4v) is 11.6. The SMILES string of the molecule is CB(O)N1CCC(CC(=O)N2CCN(C(c3ccc(Cl)cc3)c3ccc(Cl)cc3)C[C@@H]2C(C)C)CC1.CC(C)[C@H]1CN(C(c2ccc(Cl)cc2)c2ccc(Cl)cc2)CCN1C(=O)CC1CCNCC1.Cl.Cl. The van der Waals surface area contributed by atoms with E-state index in [1.165, 1.54) is 22.3 Å². The molecule has 8 rings (SSSR count). The zero-order valence-electron chi connectivity index (χ0n) is 42.1. The number of nitrogens with zero attached hydrogens (tertiary/aromatic N) is 5. The number of nitrogens with one attached hydrogen (secondary N) is 1. The number of hydrogen-bond donors (Lipinski definition) is 2. The van der Waals surface area contributed by atoms with Gasteiger partial charge in [-0.1, -0.05) is 123 Å². The molecule has 4 heterocycles. The van der Waals surface area contributed by atoms with Gasteiger partial charge < -0.3 is 25.0 Å². The van der Waals surface area contributed by atoms with E-state index in [1.807, 2.05) is 55.4 Å². The lowest BCUT2D eigenvalue weighted by Crippen LogP contribution is -2.58. The number of amides is 2. The van der Waals surface area contributed by atoms with Crippen LogP contribution in [-0.2, 0) is 9.59 Å². The van der Waals surface area contributed by atoms with Crippen LogP contribution >= 0.6 is 71.2 Å². The highest BCUT2D eigenvalue weighted by atomic mass is 35.5. The zero-order valence-corrected chi connectivity index (χ0v) is 46.7. The highest BCUT2D eigenvalue weighted by Gasteiger charge is 2.39. The Labute approximate surface area is 457 Å². The maximum Gasteiger partial charge on any atom is 0.376 e. The van der Waals surface area contributed by atoms with E-state index in [9.17, 15) is 14.6 Å². The molecule has 4 aliphatic rings. The molecule has 2 amide bonds. The van der Waals surface area contributed by atoms with Crippen molar-refractivity contribution >= 4 is 90.1 Å². The minimum absolute atomic E-state index is 0. The van der Waals surface area contributed by atoms with Gasteiger partial charge in [0, 0.05) is 84.3 Å². The molecule has 4 aromatic rings. The van der Waals surface area contributed by atoms with Crippen LogP contribution in [0.5, 0.6) is 0 Å². The van der Waals surface area contributed by atoms with Gasteiger partial charge in [-0.25, -0.2) is 0 Å². The second kappa shape index (κ2) is 28.4. The molecule has 0 saturated carbocycles. The molecule has 0 aromatic heterocycles. The third-order valence-corrected chi connectivity index (χ3v) is 16.1. The molecule has 2 N–H and O–H groups in total. The van der Waals surface area contributed by atoms with Crippen LogP contribution < -0.4 is 5.32 Å². The maximum absolute atomic E-state index is 13.5. The van der Waals surface area contributed by atoms with Crippen LogP contribution in [0.2, 0.25) is 26.9 Å². The number of halogens is 6. The lowest BCUT2D eigenvalue weighted by molar-refractivity contribution is -0.140. The summed E-state index contributed by atoms with van der Waals surface area (Å²) in [5.41, 5.74) is 4.79. The van der Waals surface area contributed by atoms with Gasteiger partial charge in [0.25, 0.3) is 0 Å². The Balaban J connectivity index is 0.000000258. The van der Waals surface area contributed by atoms with Gasteiger partial charge in [0.2, 0.25) is 11.8 Å². The topological polar surface area (TPSA) is 82.6 Å². The Morgan fingerprint density at radius 1 is 0.535 bits per heavy atom. The first-order valence-corrected chi connectivity index (χ1v) is 26.9. The Morgan fingerprint density at radius 2 is 0.845 bits per heavy atom. The second-order valence-electron chi connectivity index (χ2n) is 20.5. The van der Waals surface area contributed by atoms with Crippen LogP contribution in [0, 0.1) is 23.7 Å². The number of carbonyl (C=O) groups excluding carboxylic acids is 2. The van der Waals surface area contributed by atoms with Gasteiger partial charge in [-0.3, -0.25) is 19.4 Å². The van der Waals surface area contributed by atoms with Crippen LogP contribution in [0.1, 0.15) is 101 Å². The minimum atomic E-state index is -0.408. The molecule has 4 aromatic carbocycles. The molecule has 4 saturated heterocycles. The summed E-state index contributed by atoms with van der Waals surface area (Å²) in [6.45, 7) is 19.3. The smallest absolute Gasteiger partial charge is 0.376 e. The van der Waals surface area contributed by atoms with Crippen molar-refractivity contribution in [2.45, 2.75) is 97.2 Å². The average molecular weight is 1090 g/mol. The van der Waals surface area contributed by atoms with E-state index < -0.39 is 7.05 Å². The molecule has 388 valence electrons. The molecule has 9 nitrogen and oxygen atoms in total. The van der Waals surface area contributed by atoms with E-state index in [0.717, 1.165) is 111 Å². The zero-order chi connectivity index (χ0) is 49.2. The van der Waals surface area contributed by atoms with Crippen molar-refractivity contribution < 1.29 is 14.6 Å². The molecule has 16 heteroatoms. The van der Waals surface area contributed by atoms with E-state index in [1.54, 1.807) is 0 Å². The standard InChI is InChI=1S/C28H38BCl2N3O2.C27H35Cl2N3O.2ClH/c1-20(2)26-19-32(16-17-34(26)27(35)18-21-12-14-33(15-13-21)29(3)36)28(22-4-8-24(30)9-5-22)23-6-10-25(31)11-7-23;1-19(2)25-18-31(15-16-32(25)26(33)17-20-11-13-30-14-12-20)27(21-3-7-23(28)8-4-21)22-5-9-24(29)10-6-22;;/h4-11,20-21,26,28,36H,12-19H2,1-3H3;3-10,19-20,25,27,30H,11-18H2,1-2H3;2*1H/t26-;25-;;/m11../s1. The summed E-state index contributed by atoms with van der Waals surface area (Å²) in [6, 6.07) is 33.0. The predicted octanol–water partition coefficient (Wildman–Crippen LogP) is 11.9. The summed E-state index contributed by atoms with van der Waals surface area (Å²) < 4.78 is 0. The van der Waals surface area contributed by atoms with Crippen molar-refractivity contribution in [1.82, 2.24) is 29.7 Å². The van der Waals surface area contributed by atoms with Gasteiger partial charge >= 0.3 is 7.05 Å². The molecule has 4 fully saturated rings. The van der Waals surface area contributed by atoms with Crippen molar-refractivity contribution in [1.29, 1.82) is 0 Å². The van der Waals surface area contributed by atoms with Crippen LogP contribution in [0.4, 0.5) is 0 Å². The third kappa shape index (κ3) is 16.2. The Kier molecular flexibility index (Phi) is 23.7. The molecule has 71 heavy (non-hydrogen) atoms. The van der Waals surface area contributed by atoms with Gasteiger partial charge in [0.15, 0.2) is 0 Å². The first kappa shape index (κ1) is 59.3. The summed E-state index contributed by atoms with van der Waals surface area (Å²) in [6.07, 6.45) is 5.44. The summed E-state index contributed by atoms with van der Waals surface area (Å²) >= 11 is 24.8. The minimum Gasteiger partial charge on any atom is -0.437 e. The molecule has 2 atom stereocenters. The lowest BCUT2D eigenvalue weighted by Gasteiger charge is -2.47. The summed E-state index contributed by atoms with van der Waals surface area (Å²) in [5.74, 6) is 2.26. The number of piperazine rings is 2. The van der Waals surface area contributed by atoms with E-state index in [4.69, 9.17) is 46.4 Å². The summed E-state index contributed by atoms with van der Waals surface area (Å²) in [5, 5.41) is 16.2. The third-order valence-electron chi connectivity index (χ3n) is 15.1. The molecule has 0 spiro atoms. The molecular weight excluding hydrogens is 1020 g/mol. The Bertz CT molecular complexity index is 2140. The monoisotopic (exact) mass is 1090 g/mol. The van der Waals surface area contributed by atoms with E-state index in [0.29, 0.717) is 42.4 Å². The normalized spacial score (nSPS) is 19.9. The second-order valence-corrected chi connectivity index (χ2v) is 22.3. The fraction of sp³-hybridized carbons (Fsp3) is 0.527. The molecule has 0 unspecified atom stereocenters. The number of piperidine rings is 2. The highest BCUT2D eigenvalue weighted by molar-refractivity contribution is 6.45. The van der Waals surface area contributed by atoms with E-state index in [2.05, 4.69) is 106 Å². The Morgan fingerprint density at radius 3 is 1.14 bits per heavy atom. The van der Waals surface area contributed by atoms with Crippen LogP contribution in [0.25, 0.3) is 0 Å². The van der Waals surface area contributed by atoms with Gasteiger partial charge in [-0.15, -0.1) is 24.8 Å².